The molecule has 22 heavy (non-hydrogen) atoms. The maximum absolute atomic E-state index is 13.1. The van der Waals surface area contributed by atoms with Gasteiger partial charge in [0.2, 0.25) is 0 Å². The largest absolute Gasteiger partial charge is 0.293 e. The fourth-order valence-corrected chi connectivity index (χ4v) is 3.62. The first-order valence-corrected chi connectivity index (χ1v) is 7.71. The number of Topliss-reactive ketones (excluding diaryl/α,β-unsaturated/α-hetero) is 2. The van der Waals surface area contributed by atoms with Crippen LogP contribution >= 0.6 is 0 Å². The second-order valence-electron chi connectivity index (χ2n) is 6.14. The van der Waals surface area contributed by atoms with Crippen LogP contribution in [0.4, 0.5) is 0 Å². The van der Waals surface area contributed by atoms with Crippen LogP contribution in [0, 0.1) is 20.8 Å². The number of carbonyl (C=O) groups excluding carboxylic acids is 2. The molecule has 0 bridgehead atoms. The fourth-order valence-electron chi connectivity index (χ4n) is 3.62. The van der Waals surface area contributed by atoms with Crippen molar-refractivity contribution in [3.8, 4) is 0 Å². The minimum absolute atomic E-state index is 0.0537. The van der Waals surface area contributed by atoms with Gasteiger partial charge >= 0.3 is 0 Å². The standard InChI is InChI=1S/C20H20O2/c1-5-20(17-11-10-12(2)13(3)14(17)4)18(21)15-8-6-7-9-16(15)19(20)22/h6-11H,5H2,1-4H3. The molecule has 2 nitrogen and oxygen atoms in total. The normalized spacial score (nSPS) is 16.0. The van der Waals surface area contributed by atoms with Gasteiger partial charge in [0.1, 0.15) is 5.41 Å². The summed E-state index contributed by atoms with van der Waals surface area (Å²) in [6.07, 6.45) is 0.489. The van der Waals surface area contributed by atoms with Crippen LogP contribution in [0.15, 0.2) is 36.4 Å². The van der Waals surface area contributed by atoms with E-state index in [1.54, 1.807) is 12.1 Å². The Bertz CT molecular complexity index is 764. The van der Waals surface area contributed by atoms with E-state index in [2.05, 4.69) is 13.8 Å². The lowest BCUT2D eigenvalue weighted by atomic mass is 9.71. The molecule has 0 fully saturated rings. The van der Waals surface area contributed by atoms with Crippen molar-refractivity contribution in [3.63, 3.8) is 0 Å². The summed E-state index contributed by atoms with van der Waals surface area (Å²) >= 11 is 0. The molecule has 0 aromatic heterocycles. The van der Waals surface area contributed by atoms with Gasteiger partial charge in [0.05, 0.1) is 0 Å². The van der Waals surface area contributed by atoms with Crippen molar-refractivity contribution in [2.24, 2.45) is 0 Å². The number of fused-ring (bicyclic) bond motifs is 1. The molecule has 2 aromatic carbocycles. The van der Waals surface area contributed by atoms with E-state index >= 15 is 0 Å². The Morgan fingerprint density at radius 1 is 0.818 bits per heavy atom. The smallest absolute Gasteiger partial charge is 0.181 e. The first kappa shape index (κ1) is 14.7. The molecule has 2 heteroatoms. The van der Waals surface area contributed by atoms with Crippen LogP contribution in [0.3, 0.4) is 0 Å². The summed E-state index contributed by atoms with van der Waals surface area (Å²) in [6.45, 7) is 8.04. The monoisotopic (exact) mass is 292 g/mol. The van der Waals surface area contributed by atoms with Crippen molar-refractivity contribution in [3.05, 3.63) is 69.8 Å². The Morgan fingerprint density at radius 2 is 1.36 bits per heavy atom. The van der Waals surface area contributed by atoms with Crippen LogP contribution < -0.4 is 0 Å². The van der Waals surface area contributed by atoms with Gasteiger partial charge in [-0.2, -0.15) is 0 Å². The number of rotatable bonds is 2. The predicted molar refractivity (Wildman–Crippen MR) is 87.7 cm³/mol. The highest BCUT2D eigenvalue weighted by atomic mass is 16.2. The van der Waals surface area contributed by atoms with Crippen LogP contribution in [-0.4, -0.2) is 11.6 Å². The summed E-state index contributed by atoms with van der Waals surface area (Å²) in [5, 5.41) is 0. The second-order valence-corrected chi connectivity index (χ2v) is 6.14. The number of hydrogen-bond acceptors (Lipinski definition) is 2. The van der Waals surface area contributed by atoms with Crippen LogP contribution in [0.1, 0.15) is 56.3 Å². The number of aryl methyl sites for hydroxylation is 1. The highest BCUT2D eigenvalue weighted by Crippen LogP contribution is 2.44. The highest BCUT2D eigenvalue weighted by molar-refractivity contribution is 6.33. The van der Waals surface area contributed by atoms with Gasteiger partial charge in [0.25, 0.3) is 0 Å². The Balaban J connectivity index is 2.31. The van der Waals surface area contributed by atoms with Gasteiger partial charge in [-0.05, 0) is 49.4 Å². The lowest BCUT2D eigenvalue weighted by Crippen LogP contribution is -2.38. The molecule has 112 valence electrons. The summed E-state index contributed by atoms with van der Waals surface area (Å²) in [7, 11) is 0. The molecule has 1 aliphatic carbocycles. The highest BCUT2D eigenvalue weighted by Gasteiger charge is 2.53. The van der Waals surface area contributed by atoms with Gasteiger partial charge in [-0.15, -0.1) is 0 Å². The van der Waals surface area contributed by atoms with Crippen LogP contribution in [0.5, 0.6) is 0 Å². The molecule has 0 atom stereocenters. The SMILES string of the molecule is CCC1(c2ccc(C)c(C)c2C)C(=O)c2ccccc2C1=O. The van der Waals surface area contributed by atoms with Crippen molar-refractivity contribution in [2.45, 2.75) is 39.5 Å². The van der Waals surface area contributed by atoms with Crippen molar-refractivity contribution in [2.75, 3.05) is 0 Å². The topological polar surface area (TPSA) is 34.1 Å². The zero-order valence-corrected chi connectivity index (χ0v) is 13.5. The second kappa shape index (κ2) is 4.91. The Labute approximate surface area is 131 Å². The van der Waals surface area contributed by atoms with E-state index in [1.165, 1.54) is 5.56 Å². The molecule has 0 saturated heterocycles. The molecule has 0 unspecified atom stereocenters. The van der Waals surface area contributed by atoms with Crippen LogP contribution in [0.2, 0.25) is 0 Å². The third kappa shape index (κ3) is 1.67. The molecule has 0 aliphatic heterocycles. The Hall–Kier alpha value is -2.22. The van der Waals surface area contributed by atoms with Gasteiger partial charge in [0, 0.05) is 11.1 Å². The molecule has 0 heterocycles. The summed E-state index contributed by atoms with van der Waals surface area (Å²) in [6, 6.07) is 11.2. The van der Waals surface area contributed by atoms with E-state index in [0.717, 1.165) is 16.7 Å². The molecular weight excluding hydrogens is 272 g/mol. The van der Waals surface area contributed by atoms with Gasteiger partial charge in [-0.1, -0.05) is 43.3 Å². The van der Waals surface area contributed by atoms with E-state index in [-0.39, 0.29) is 11.6 Å². The van der Waals surface area contributed by atoms with Crippen molar-refractivity contribution < 1.29 is 9.59 Å². The minimum atomic E-state index is -1.05. The fraction of sp³-hybridized carbons (Fsp3) is 0.300. The molecule has 0 spiro atoms. The average Bonchev–Trinajstić information content (AvgIpc) is 2.75. The molecular formula is C20H20O2. The summed E-state index contributed by atoms with van der Waals surface area (Å²) < 4.78 is 0. The maximum atomic E-state index is 13.1. The van der Waals surface area contributed by atoms with Crippen molar-refractivity contribution >= 4 is 11.6 Å². The van der Waals surface area contributed by atoms with E-state index in [9.17, 15) is 9.59 Å². The number of ketones is 2. The lowest BCUT2D eigenvalue weighted by Gasteiger charge is -2.28. The van der Waals surface area contributed by atoms with E-state index < -0.39 is 5.41 Å². The first-order chi connectivity index (χ1) is 10.4. The Kier molecular flexibility index (Phi) is 3.28. The number of carbonyl (C=O) groups is 2. The lowest BCUT2D eigenvalue weighted by molar-refractivity contribution is 0.0788. The minimum Gasteiger partial charge on any atom is -0.293 e. The average molecular weight is 292 g/mol. The summed E-state index contributed by atoms with van der Waals surface area (Å²) in [5.41, 5.74) is 4.33. The van der Waals surface area contributed by atoms with Crippen molar-refractivity contribution in [1.29, 1.82) is 0 Å². The summed E-state index contributed by atoms with van der Waals surface area (Å²) in [4.78, 5) is 26.2. The summed E-state index contributed by atoms with van der Waals surface area (Å²) in [5.74, 6) is -0.107. The van der Waals surface area contributed by atoms with Gasteiger partial charge < -0.3 is 0 Å². The molecule has 3 rings (SSSR count). The zero-order chi connectivity index (χ0) is 16.1. The van der Waals surface area contributed by atoms with Gasteiger partial charge in [-0.25, -0.2) is 0 Å². The molecule has 1 aliphatic rings. The number of benzene rings is 2. The third-order valence-corrected chi connectivity index (χ3v) is 5.24. The number of hydrogen-bond donors (Lipinski definition) is 0. The van der Waals surface area contributed by atoms with E-state index in [1.807, 2.05) is 38.1 Å². The maximum Gasteiger partial charge on any atom is 0.181 e. The zero-order valence-electron chi connectivity index (χ0n) is 13.5. The third-order valence-electron chi connectivity index (χ3n) is 5.24. The van der Waals surface area contributed by atoms with Gasteiger partial charge in [-0.3, -0.25) is 9.59 Å². The molecule has 0 saturated carbocycles. The first-order valence-electron chi connectivity index (χ1n) is 7.71. The van der Waals surface area contributed by atoms with Gasteiger partial charge in [0.15, 0.2) is 11.6 Å². The van der Waals surface area contributed by atoms with Crippen LogP contribution in [0.25, 0.3) is 0 Å². The molecule has 0 N–H and O–H groups in total. The Morgan fingerprint density at radius 3 is 1.86 bits per heavy atom. The quantitative estimate of drug-likeness (QED) is 0.772. The predicted octanol–water partition coefficient (Wildman–Crippen LogP) is 4.34. The van der Waals surface area contributed by atoms with E-state index in [0.29, 0.717) is 17.5 Å². The van der Waals surface area contributed by atoms with Crippen LogP contribution in [-0.2, 0) is 5.41 Å². The molecule has 0 radical (unpaired) electrons. The molecule has 2 aromatic rings. The molecule has 0 amide bonds. The van der Waals surface area contributed by atoms with E-state index in [4.69, 9.17) is 0 Å². The van der Waals surface area contributed by atoms with Crippen molar-refractivity contribution in [1.82, 2.24) is 0 Å².